The number of nitrogens with one attached hydrogen (secondary N) is 3. The first kappa shape index (κ1) is 25.7. The van der Waals surface area contributed by atoms with Gasteiger partial charge in [0.15, 0.2) is 0 Å². The standard InChI is InChI=1S/C24H36N6O4/c1-2-3-4-6-19(16-30(34)17-31)24(33)28-27-21-11-14-29(22(32)15-21)13-10-20-9-8-18-7-5-12-25-23(18)26-20/h8-9,11,14-15,17,19,24,27-28,33-34H,2-7,10,12-13,16H2,1H3,(H,25,26). The Bertz CT molecular complexity index is 982. The van der Waals surface area contributed by atoms with Crippen LogP contribution in [-0.2, 0) is 24.2 Å². The summed E-state index contributed by atoms with van der Waals surface area (Å²) in [7, 11) is 0. The number of nitrogens with zero attached hydrogens (tertiary/aromatic N) is 3. The van der Waals surface area contributed by atoms with Crippen LogP contribution in [0.2, 0.25) is 0 Å². The number of aliphatic hydroxyl groups excluding tert-OH is 1. The van der Waals surface area contributed by atoms with Gasteiger partial charge in [0.25, 0.3) is 5.56 Å². The summed E-state index contributed by atoms with van der Waals surface area (Å²) in [4.78, 5) is 28.0. The lowest BCUT2D eigenvalue weighted by atomic mass is 9.99. The van der Waals surface area contributed by atoms with Gasteiger partial charge in [0, 0.05) is 43.4 Å². The molecule has 0 spiro atoms. The van der Waals surface area contributed by atoms with E-state index in [1.807, 2.05) is 6.07 Å². The number of anilines is 2. The zero-order valence-electron chi connectivity index (χ0n) is 19.7. The van der Waals surface area contributed by atoms with Crippen molar-refractivity contribution in [2.75, 3.05) is 23.8 Å². The number of aromatic nitrogens is 2. The van der Waals surface area contributed by atoms with E-state index in [-0.39, 0.29) is 18.0 Å². The summed E-state index contributed by atoms with van der Waals surface area (Å²) in [5.74, 6) is 0.582. The van der Waals surface area contributed by atoms with Gasteiger partial charge >= 0.3 is 0 Å². The molecule has 0 saturated carbocycles. The quantitative estimate of drug-likeness (QED) is 0.0929. The molecule has 0 bridgehead atoms. The zero-order valence-corrected chi connectivity index (χ0v) is 19.7. The smallest absolute Gasteiger partial charge is 0.252 e. The first-order chi connectivity index (χ1) is 16.5. The van der Waals surface area contributed by atoms with E-state index in [0.717, 1.165) is 50.2 Å². The molecule has 1 aliphatic rings. The molecular weight excluding hydrogens is 436 g/mol. The Morgan fingerprint density at radius 1 is 1.32 bits per heavy atom. The number of fused-ring (bicyclic) bond motifs is 1. The number of rotatable bonds is 14. The van der Waals surface area contributed by atoms with Crippen LogP contribution in [-0.4, -0.2) is 50.7 Å². The van der Waals surface area contributed by atoms with Gasteiger partial charge in [0.2, 0.25) is 6.41 Å². The summed E-state index contributed by atoms with van der Waals surface area (Å²) in [5.41, 5.74) is 8.16. The maximum absolute atomic E-state index is 12.6. The fourth-order valence-corrected chi connectivity index (χ4v) is 4.08. The number of hydrogen-bond donors (Lipinski definition) is 5. The average molecular weight is 473 g/mol. The van der Waals surface area contributed by atoms with E-state index in [1.165, 1.54) is 11.6 Å². The van der Waals surface area contributed by atoms with E-state index in [0.29, 0.717) is 36.5 Å². The van der Waals surface area contributed by atoms with Crippen molar-refractivity contribution < 1.29 is 15.1 Å². The van der Waals surface area contributed by atoms with Crippen LogP contribution in [0.25, 0.3) is 0 Å². The number of aryl methyl sites for hydroxylation is 3. The van der Waals surface area contributed by atoms with Gasteiger partial charge in [0.05, 0.1) is 12.2 Å². The maximum atomic E-state index is 12.6. The molecule has 3 heterocycles. The molecule has 0 radical (unpaired) electrons. The van der Waals surface area contributed by atoms with Crippen molar-refractivity contribution in [3.05, 3.63) is 52.1 Å². The number of unbranched alkanes of at least 4 members (excludes halogenated alkanes) is 2. The minimum atomic E-state index is -1.02. The second kappa shape index (κ2) is 13.1. The summed E-state index contributed by atoms with van der Waals surface area (Å²) in [5, 5.41) is 23.9. The van der Waals surface area contributed by atoms with E-state index < -0.39 is 6.23 Å². The molecule has 0 aliphatic carbocycles. The van der Waals surface area contributed by atoms with Crippen LogP contribution in [0.5, 0.6) is 0 Å². The topological polar surface area (TPSA) is 132 Å². The molecule has 2 atom stereocenters. The Morgan fingerprint density at radius 2 is 2.18 bits per heavy atom. The SMILES string of the molecule is CCCCCC(CN(O)C=O)C(O)NNc1ccn(CCc2ccc3c(n2)NCCC3)c(=O)c1. The number of hydroxylamine groups is 2. The lowest BCUT2D eigenvalue weighted by molar-refractivity contribution is -0.155. The number of amides is 1. The fraction of sp³-hybridized carbons (Fsp3) is 0.542. The molecule has 3 rings (SSSR count). The van der Waals surface area contributed by atoms with Gasteiger partial charge in [-0.05, 0) is 37.0 Å². The number of hydrogen-bond acceptors (Lipinski definition) is 8. The van der Waals surface area contributed by atoms with Gasteiger partial charge in [-0.3, -0.25) is 14.8 Å². The van der Waals surface area contributed by atoms with Crippen LogP contribution in [0.1, 0.15) is 50.3 Å². The van der Waals surface area contributed by atoms with Gasteiger partial charge in [-0.15, -0.1) is 0 Å². The molecule has 1 amide bonds. The second-order valence-corrected chi connectivity index (χ2v) is 8.74. The first-order valence-corrected chi connectivity index (χ1v) is 12.0. The normalized spacial score (nSPS) is 14.6. The van der Waals surface area contributed by atoms with Crippen molar-refractivity contribution in [1.82, 2.24) is 20.0 Å². The molecule has 10 heteroatoms. The molecule has 0 fully saturated rings. The third-order valence-electron chi connectivity index (χ3n) is 6.09. The molecule has 0 aromatic carbocycles. The van der Waals surface area contributed by atoms with Crippen molar-refractivity contribution in [2.24, 2.45) is 5.92 Å². The number of carbonyl (C=O) groups excluding carboxylic acids is 1. The van der Waals surface area contributed by atoms with E-state index in [1.54, 1.807) is 16.8 Å². The van der Waals surface area contributed by atoms with Crippen molar-refractivity contribution >= 4 is 17.9 Å². The molecule has 2 aromatic heterocycles. The molecule has 5 N–H and O–H groups in total. The summed E-state index contributed by atoms with van der Waals surface area (Å²) in [6.45, 7) is 3.54. The highest BCUT2D eigenvalue weighted by atomic mass is 16.5. The third kappa shape index (κ3) is 7.54. The Morgan fingerprint density at radius 3 is 2.94 bits per heavy atom. The number of aliphatic hydroxyl groups is 1. The minimum Gasteiger partial charge on any atom is -0.377 e. The van der Waals surface area contributed by atoms with Gasteiger partial charge in [0.1, 0.15) is 12.0 Å². The molecule has 2 unspecified atom stereocenters. The Hall–Kier alpha value is -2.95. The molecule has 186 valence electrons. The molecule has 0 saturated heterocycles. The van der Waals surface area contributed by atoms with Crippen LogP contribution < -0.4 is 21.7 Å². The fourth-order valence-electron chi connectivity index (χ4n) is 4.08. The summed E-state index contributed by atoms with van der Waals surface area (Å²) >= 11 is 0. The highest BCUT2D eigenvalue weighted by molar-refractivity contribution is 5.47. The van der Waals surface area contributed by atoms with Gasteiger partial charge in [-0.1, -0.05) is 32.3 Å². The number of pyridine rings is 2. The molecule has 10 nitrogen and oxygen atoms in total. The van der Waals surface area contributed by atoms with E-state index in [4.69, 9.17) is 0 Å². The molecule has 34 heavy (non-hydrogen) atoms. The zero-order chi connectivity index (χ0) is 24.3. The summed E-state index contributed by atoms with van der Waals surface area (Å²) in [6.07, 6.45) is 7.36. The van der Waals surface area contributed by atoms with Crippen LogP contribution in [0, 0.1) is 5.92 Å². The monoisotopic (exact) mass is 472 g/mol. The van der Waals surface area contributed by atoms with Crippen LogP contribution in [0.4, 0.5) is 11.5 Å². The maximum Gasteiger partial charge on any atom is 0.252 e. The van der Waals surface area contributed by atoms with Crippen molar-refractivity contribution in [1.29, 1.82) is 0 Å². The number of carbonyl (C=O) groups is 1. The summed E-state index contributed by atoms with van der Waals surface area (Å²) < 4.78 is 1.62. The van der Waals surface area contributed by atoms with Crippen LogP contribution >= 0.6 is 0 Å². The lowest BCUT2D eigenvalue weighted by Crippen LogP contribution is -2.44. The largest absolute Gasteiger partial charge is 0.377 e. The Balaban J connectivity index is 1.53. The predicted molar refractivity (Wildman–Crippen MR) is 130 cm³/mol. The van der Waals surface area contributed by atoms with Crippen molar-refractivity contribution in [2.45, 2.75) is 64.6 Å². The third-order valence-corrected chi connectivity index (χ3v) is 6.09. The van der Waals surface area contributed by atoms with Gasteiger partial charge in [-0.25, -0.2) is 15.5 Å². The highest BCUT2D eigenvalue weighted by Crippen LogP contribution is 2.20. The van der Waals surface area contributed by atoms with Gasteiger partial charge in [-0.2, -0.15) is 0 Å². The average Bonchev–Trinajstić information content (AvgIpc) is 2.86. The van der Waals surface area contributed by atoms with Crippen molar-refractivity contribution in [3.63, 3.8) is 0 Å². The Labute approximate surface area is 199 Å². The van der Waals surface area contributed by atoms with Crippen molar-refractivity contribution in [3.8, 4) is 0 Å². The molecule has 2 aromatic rings. The lowest BCUT2D eigenvalue weighted by Gasteiger charge is -2.26. The second-order valence-electron chi connectivity index (χ2n) is 8.74. The highest BCUT2D eigenvalue weighted by Gasteiger charge is 2.21. The number of hydrazine groups is 1. The first-order valence-electron chi connectivity index (χ1n) is 12.0. The predicted octanol–water partition coefficient (Wildman–Crippen LogP) is 2.12. The summed E-state index contributed by atoms with van der Waals surface area (Å²) in [6, 6.07) is 7.33. The van der Waals surface area contributed by atoms with Crippen LogP contribution in [0.3, 0.4) is 0 Å². The Kier molecular flexibility index (Phi) is 9.87. The van der Waals surface area contributed by atoms with Gasteiger partial charge < -0.3 is 20.4 Å². The molecule has 1 aliphatic heterocycles. The van der Waals surface area contributed by atoms with E-state index in [9.17, 15) is 19.9 Å². The molecular formula is C24H36N6O4. The van der Waals surface area contributed by atoms with E-state index in [2.05, 4.69) is 34.1 Å². The minimum absolute atomic E-state index is 0.0108. The van der Waals surface area contributed by atoms with Crippen LogP contribution in [0.15, 0.2) is 35.3 Å². The van der Waals surface area contributed by atoms with E-state index >= 15 is 0 Å².